The van der Waals surface area contributed by atoms with Crippen molar-refractivity contribution < 1.29 is 28.6 Å². The number of halogens is 2. The number of esters is 1. The molecule has 1 heterocycles. The summed E-state index contributed by atoms with van der Waals surface area (Å²) in [6.45, 7) is 3.94. The van der Waals surface area contributed by atoms with Crippen LogP contribution in [-0.4, -0.2) is 41.8 Å². The lowest BCUT2D eigenvalue weighted by molar-refractivity contribution is -0.148. The summed E-state index contributed by atoms with van der Waals surface area (Å²) in [6, 6.07) is 9.81. The van der Waals surface area contributed by atoms with Gasteiger partial charge < -0.3 is 14.2 Å². The van der Waals surface area contributed by atoms with E-state index in [9.17, 15) is 14.4 Å². The van der Waals surface area contributed by atoms with Gasteiger partial charge in [-0.05, 0) is 55.4 Å². The maximum absolute atomic E-state index is 12.8. The van der Waals surface area contributed by atoms with Crippen molar-refractivity contribution in [1.82, 2.24) is 4.90 Å². The predicted molar refractivity (Wildman–Crippen MR) is 130 cm³/mol. The zero-order valence-corrected chi connectivity index (χ0v) is 21.3. The maximum Gasteiger partial charge on any atom is 0.328 e. The number of rotatable bonds is 8. The van der Waals surface area contributed by atoms with Crippen molar-refractivity contribution >= 4 is 62.5 Å². The van der Waals surface area contributed by atoms with Crippen molar-refractivity contribution in [3.05, 3.63) is 61.9 Å². The minimum absolute atomic E-state index is 0.184. The second-order valence-corrected chi connectivity index (χ2v) is 9.14. The van der Waals surface area contributed by atoms with Crippen molar-refractivity contribution in [2.75, 3.05) is 13.7 Å². The van der Waals surface area contributed by atoms with Crippen LogP contribution < -0.4 is 9.47 Å². The Hall–Kier alpha value is -2.49. The number of hydrogen-bond donors (Lipinski definition) is 0. The minimum atomic E-state index is -1.02. The lowest BCUT2D eigenvalue weighted by Crippen LogP contribution is -2.42. The van der Waals surface area contributed by atoms with Gasteiger partial charge >= 0.3 is 5.97 Å². The summed E-state index contributed by atoms with van der Waals surface area (Å²) >= 11 is 10.5. The highest BCUT2D eigenvalue weighted by atomic mass is 79.9. The molecule has 33 heavy (non-hydrogen) atoms. The van der Waals surface area contributed by atoms with Gasteiger partial charge in [-0.3, -0.25) is 14.5 Å². The Morgan fingerprint density at radius 1 is 1.21 bits per heavy atom. The number of thioether (sulfide) groups is 1. The molecule has 0 aromatic heterocycles. The second-order valence-electron chi connectivity index (χ2n) is 6.88. The number of nitrogens with zero attached hydrogens (tertiary/aromatic N) is 1. The number of benzene rings is 2. The van der Waals surface area contributed by atoms with E-state index in [1.165, 1.54) is 14.0 Å². The van der Waals surface area contributed by atoms with Crippen molar-refractivity contribution in [2.24, 2.45) is 0 Å². The van der Waals surface area contributed by atoms with E-state index < -0.39 is 23.2 Å². The molecule has 2 aromatic rings. The molecule has 1 atom stereocenters. The Balaban J connectivity index is 1.88. The first-order valence-electron chi connectivity index (χ1n) is 9.94. The molecule has 1 saturated heterocycles. The fourth-order valence-electron chi connectivity index (χ4n) is 3.04. The lowest BCUT2D eigenvalue weighted by Gasteiger charge is -2.18. The van der Waals surface area contributed by atoms with Gasteiger partial charge in [-0.1, -0.05) is 45.7 Å². The highest BCUT2D eigenvalue weighted by Crippen LogP contribution is 2.39. The normalized spacial score (nSPS) is 15.7. The number of carbonyl (C=O) groups is 3. The molecular formula is C23H21BrClNO6S. The van der Waals surface area contributed by atoms with E-state index in [4.69, 9.17) is 21.1 Å². The Morgan fingerprint density at radius 3 is 2.58 bits per heavy atom. The SMILES string of the molecule is CCOc1cc(/C=C2/SC(=O)N([C@H](C)C(=O)OC)C2=O)c(Br)cc1OCc1ccccc1Cl. The number of amides is 2. The zero-order chi connectivity index (χ0) is 24.1. The molecule has 0 unspecified atom stereocenters. The van der Waals surface area contributed by atoms with Gasteiger partial charge in [0.15, 0.2) is 11.5 Å². The number of hydrogen-bond acceptors (Lipinski definition) is 7. The van der Waals surface area contributed by atoms with Crippen LogP contribution in [0.15, 0.2) is 45.8 Å². The molecule has 0 aliphatic carbocycles. The smallest absolute Gasteiger partial charge is 0.328 e. The topological polar surface area (TPSA) is 82.1 Å². The third-order valence-electron chi connectivity index (χ3n) is 4.74. The molecule has 0 N–H and O–H groups in total. The highest BCUT2D eigenvalue weighted by Gasteiger charge is 2.41. The first-order chi connectivity index (χ1) is 15.8. The van der Waals surface area contributed by atoms with Gasteiger partial charge in [-0.25, -0.2) is 4.79 Å². The molecule has 1 aliphatic heterocycles. The van der Waals surface area contributed by atoms with Gasteiger partial charge in [0.2, 0.25) is 0 Å². The Labute approximate surface area is 209 Å². The van der Waals surface area contributed by atoms with E-state index in [1.807, 2.05) is 25.1 Å². The first kappa shape index (κ1) is 25.1. The standard InChI is InChI=1S/C23H21BrClNO6S/c1-4-31-18-9-15(10-20-21(27)26(23(29)33-20)13(2)22(28)30-3)16(24)11-19(18)32-12-14-7-5-6-8-17(14)25/h5-11,13H,4,12H2,1-3H3/b20-10+/t13-/m1/s1. The quantitative estimate of drug-likeness (QED) is 0.307. The summed E-state index contributed by atoms with van der Waals surface area (Å²) in [5.41, 5.74) is 1.44. The van der Waals surface area contributed by atoms with Gasteiger partial charge in [0.1, 0.15) is 12.6 Å². The van der Waals surface area contributed by atoms with Crippen molar-refractivity contribution in [2.45, 2.75) is 26.5 Å². The summed E-state index contributed by atoms with van der Waals surface area (Å²) in [4.78, 5) is 38.0. The van der Waals surface area contributed by atoms with Crippen molar-refractivity contribution in [3.63, 3.8) is 0 Å². The summed E-state index contributed by atoms with van der Waals surface area (Å²) in [5, 5.41) is 0.0630. The number of imide groups is 1. The van der Waals surface area contributed by atoms with Gasteiger partial charge in [-0.15, -0.1) is 0 Å². The van der Waals surface area contributed by atoms with E-state index in [-0.39, 0.29) is 11.5 Å². The van der Waals surface area contributed by atoms with Gasteiger partial charge in [0.25, 0.3) is 11.1 Å². The lowest BCUT2D eigenvalue weighted by atomic mass is 10.1. The van der Waals surface area contributed by atoms with Crippen LogP contribution in [0.5, 0.6) is 11.5 Å². The average molecular weight is 555 g/mol. The predicted octanol–water partition coefficient (Wildman–Crippen LogP) is 5.68. The van der Waals surface area contributed by atoms with Gasteiger partial charge in [0, 0.05) is 15.1 Å². The first-order valence-corrected chi connectivity index (χ1v) is 11.9. The Morgan fingerprint density at radius 2 is 1.91 bits per heavy atom. The molecule has 0 spiro atoms. The molecule has 0 saturated carbocycles. The summed E-state index contributed by atoms with van der Waals surface area (Å²) in [5.74, 6) is -0.264. The third-order valence-corrected chi connectivity index (χ3v) is 6.68. The van der Waals surface area contributed by atoms with E-state index in [1.54, 1.807) is 24.3 Å². The van der Waals surface area contributed by atoms with E-state index in [0.29, 0.717) is 33.2 Å². The Kier molecular flexibility index (Phi) is 8.45. The molecule has 2 amide bonds. The molecule has 174 valence electrons. The molecule has 1 aliphatic rings. The summed E-state index contributed by atoms with van der Waals surface area (Å²) < 4.78 is 17.0. The third kappa shape index (κ3) is 5.72. The molecule has 10 heteroatoms. The fraction of sp³-hybridized carbons (Fsp3) is 0.261. The van der Waals surface area contributed by atoms with Crippen LogP contribution >= 0.6 is 39.3 Å². The number of carbonyl (C=O) groups excluding carboxylic acids is 3. The van der Waals surface area contributed by atoms with Crippen LogP contribution in [0, 0.1) is 0 Å². The van der Waals surface area contributed by atoms with E-state index in [0.717, 1.165) is 22.2 Å². The monoisotopic (exact) mass is 553 g/mol. The van der Waals surface area contributed by atoms with Crippen LogP contribution in [-0.2, 0) is 20.9 Å². The van der Waals surface area contributed by atoms with Crippen LogP contribution in [0.4, 0.5) is 4.79 Å². The fourth-order valence-corrected chi connectivity index (χ4v) is 4.57. The van der Waals surface area contributed by atoms with Crippen molar-refractivity contribution in [1.29, 1.82) is 0 Å². The maximum atomic E-state index is 12.8. The zero-order valence-electron chi connectivity index (χ0n) is 18.1. The molecule has 7 nitrogen and oxygen atoms in total. The minimum Gasteiger partial charge on any atom is -0.490 e. The molecule has 0 bridgehead atoms. The van der Waals surface area contributed by atoms with E-state index in [2.05, 4.69) is 20.7 Å². The van der Waals surface area contributed by atoms with Crippen LogP contribution in [0.3, 0.4) is 0 Å². The number of ether oxygens (including phenoxy) is 3. The van der Waals surface area contributed by atoms with E-state index >= 15 is 0 Å². The largest absolute Gasteiger partial charge is 0.490 e. The molecule has 3 rings (SSSR count). The van der Waals surface area contributed by atoms with Crippen LogP contribution in [0.2, 0.25) is 5.02 Å². The Bertz CT molecular complexity index is 1120. The van der Waals surface area contributed by atoms with Crippen LogP contribution in [0.1, 0.15) is 25.0 Å². The summed E-state index contributed by atoms with van der Waals surface area (Å²) in [7, 11) is 1.20. The summed E-state index contributed by atoms with van der Waals surface area (Å²) in [6.07, 6.45) is 1.57. The second kappa shape index (κ2) is 11.1. The molecule has 0 radical (unpaired) electrons. The molecule has 2 aromatic carbocycles. The average Bonchev–Trinajstić information content (AvgIpc) is 3.07. The van der Waals surface area contributed by atoms with Gasteiger partial charge in [0.05, 0.1) is 18.6 Å². The highest BCUT2D eigenvalue weighted by molar-refractivity contribution is 9.10. The van der Waals surface area contributed by atoms with Gasteiger partial charge in [-0.2, -0.15) is 0 Å². The number of methoxy groups -OCH3 is 1. The van der Waals surface area contributed by atoms with Crippen LogP contribution in [0.25, 0.3) is 6.08 Å². The molecular weight excluding hydrogens is 534 g/mol. The van der Waals surface area contributed by atoms with Crippen molar-refractivity contribution in [3.8, 4) is 11.5 Å². The molecule has 1 fully saturated rings.